The second-order valence-corrected chi connectivity index (χ2v) is 9.85. The van der Waals surface area contributed by atoms with Gasteiger partial charge in [-0.1, -0.05) is 54.4 Å². The molecule has 5 nitrogen and oxygen atoms in total. The fourth-order valence-electron chi connectivity index (χ4n) is 4.39. The Morgan fingerprint density at radius 1 is 1.00 bits per heavy atom. The molecule has 0 aliphatic rings. The van der Waals surface area contributed by atoms with Gasteiger partial charge in [0.15, 0.2) is 0 Å². The molecule has 0 spiro atoms. The maximum atomic E-state index is 13.9. The maximum Gasteiger partial charge on any atom is 0.270 e. The number of aliphatic hydroxyl groups excluding tert-OH is 1. The Morgan fingerprint density at radius 3 is 2.47 bits per heavy atom. The van der Waals surface area contributed by atoms with Gasteiger partial charge in [0.2, 0.25) is 0 Å². The number of hydrogen-bond donors (Lipinski definition) is 3. The fourth-order valence-corrected chi connectivity index (χ4v) is 4.64. The Balaban J connectivity index is 1.52. The fraction of sp³-hybridized carbons (Fsp3) is 0.267. The molecule has 4 rings (SSSR count). The molecule has 1 amide bonds. The molecule has 3 aromatic carbocycles. The van der Waals surface area contributed by atoms with Crippen molar-refractivity contribution in [3.05, 3.63) is 111 Å². The lowest BCUT2D eigenvalue weighted by Gasteiger charge is -2.25. The first kappa shape index (κ1) is 27.6. The largest absolute Gasteiger partial charge is 0.390 e. The van der Waals surface area contributed by atoms with Crippen molar-refractivity contribution >= 4 is 28.4 Å². The van der Waals surface area contributed by atoms with Gasteiger partial charge in [-0.3, -0.25) is 4.79 Å². The van der Waals surface area contributed by atoms with Crippen LogP contribution in [-0.2, 0) is 19.4 Å². The molecule has 0 fully saturated rings. The smallest absolute Gasteiger partial charge is 0.270 e. The maximum absolute atomic E-state index is 13.9. The number of fused-ring (bicyclic) bond motifs is 1. The molecule has 0 radical (unpaired) electrons. The average Bonchev–Trinajstić information content (AvgIpc) is 2.88. The van der Waals surface area contributed by atoms with Crippen LogP contribution in [0.4, 0.5) is 8.78 Å². The number of aryl methyl sites for hydroxylation is 2. The lowest BCUT2D eigenvalue weighted by atomic mass is 10.00. The van der Waals surface area contributed by atoms with Crippen LogP contribution < -0.4 is 10.6 Å². The predicted octanol–water partition coefficient (Wildman–Crippen LogP) is 5.53. The lowest BCUT2D eigenvalue weighted by Crippen LogP contribution is -2.48. The molecule has 0 saturated heterocycles. The second kappa shape index (κ2) is 12.4. The van der Waals surface area contributed by atoms with Crippen molar-refractivity contribution in [2.45, 2.75) is 45.4 Å². The minimum atomic E-state index is -1.06. The van der Waals surface area contributed by atoms with Crippen LogP contribution in [-0.4, -0.2) is 34.7 Å². The van der Waals surface area contributed by atoms with E-state index in [1.807, 2.05) is 31.2 Å². The number of pyridine rings is 1. The first-order valence-corrected chi connectivity index (χ1v) is 12.9. The van der Waals surface area contributed by atoms with Crippen LogP contribution in [0, 0.1) is 18.6 Å². The summed E-state index contributed by atoms with van der Waals surface area (Å²) in [4.78, 5) is 17.6. The zero-order valence-corrected chi connectivity index (χ0v) is 22.0. The summed E-state index contributed by atoms with van der Waals surface area (Å²) in [7, 11) is 0. The summed E-state index contributed by atoms with van der Waals surface area (Å²) < 4.78 is 27.7. The molecule has 1 heterocycles. The summed E-state index contributed by atoms with van der Waals surface area (Å²) in [5.41, 5.74) is 4.24. The van der Waals surface area contributed by atoms with E-state index in [0.717, 1.165) is 29.0 Å². The van der Waals surface area contributed by atoms with Crippen molar-refractivity contribution < 1.29 is 18.7 Å². The molecule has 0 aliphatic carbocycles. The van der Waals surface area contributed by atoms with E-state index in [-0.39, 0.29) is 18.7 Å². The van der Waals surface area contributed by atoms with E-state index in [0.29, 0.717) is 22.6 Å². The Labute approximate surface area is 225 Å². The van der Waals surface area contributed by atoms with E-state index in [4.69, 9.17) is 11.6 Å². The van der Waals surface area contributed by atoms with Gasteiger partial charge in [0.25, 0.3) is 5.91 Å². The SMILES string of the molecule is CCc1cccc(CNCC(O)C(Cc2cc(F)cc(F)c2)NC(=O)c2cc(Cl)c3cc(C)ccc3n2)c1. The number of aromatic nitrogens is 1. The quantitative estimate of drug-likeness (QED) is 0.249. The normalized spacial score (nSPS) is 12.9. The number of benzene rings is 3. The minimum absolute atomic E-state index is 0.00902. The summed E-state index contributed by atoms with van der Waals surface area (Å²) in [6.07, 6.45) is -0.130. The van der Waals surface area contributed by atoms with E-state index in [1.165, 1.54) is 23.8 Å². The molecular formula is C30H30ClF2N3O2. The minimum Gasteiger partial charge on any atom is -0.390 e. The van der Waals surface area contributed by atoms with E-state index in [2.05, 4.69) is 34.7 Å². The Hall–Kier alpha value is -3.39. The average molecular weight is 538 g/mol. The lowest BCUT2D eigenvalue weighted by molar-refractivity contribution is 0.0825. The Bertz CT molecular complexity index is 1430. The summed E-state index contributed by atoms with van der Waals surface area (Å²) in [5.74, 6) is -2.01. The van der Waals surface area contributed by atoms with Gasteiger partial charge in [0.05, 0.1) is 22.7 Å². The van der Waals surface area contributed by atoms with Crippen LogP contribution in [0.1, 0.15) is 39.7 Å². The van der Waals surface area contributed by atoms with Crippen molar-refractivity contribution in [3.63, 3.8) is 0 Å². The third-order valence-electron chi connectivity index (χ3n) is 6.39. The molecule has 0 saturated carbocycles. The van der Waals surface area contributed by atoms with Gasteiger partial charge >= 0.3 is 0 Å². The molecule has 0 aliphatic heterocycles. The van der Waals surface area contributed by atoms with E-state index < -0.39 is 29.7 Å². The number of hydrogen-bond acceptors (Lipinski definition) is 4. The number of nitrogens with zero attached hydrogens (tertiary/aromatic N) is 1. The molecule has 2 atom stereocenters. The number of amides is 1. The number of rotatable bonds is 10. The molecule has 4 aromatic rings. The van der Waals surface area contributed by atoms with Gasteiger partial charge in [-0.15, -0.1) is 0 Å². The van der Waals surface area contributed by atoms with Crippen LogP contribution in [0.2, 0.25) is 5.02 Å². The van der Waals surface area contributed by atoms with Crippen molar-refractivity contribution in [1.29, 1.82) is 0 Å². The highest BCUT2D eigenvalue weighted by Crippen LogP contribution is 2.24. The van der Waals surface area contributed by atoms with E-state index >= 15 is 0 Å². The van der Waals surface area contributed by atoms with Crippen molar-refractivity contribution in [2.24, 2.45) is 0 Å². The first-order valence-electron chi connectivity index (χ1n) is 12.5. The highest BCUT2D eigenvalue weighted by atomic mass is 35.5. The van der Waals surface area contributed by atoms with Gasteiger partial charge in [-0.2, -0.15) is 0 Å². The van der Waals surface area contributed by atoms with Gasteiger partial charge in [0.1, 0.15) is 17.3 Å². The first-order chi connectivity index (χ1) is 18.2. The molecule has 8 heteroatoms. The van der Waals surface area contributed by atoms with Crippen LogP contribution in [0.5, 0.6) is 0 Å². The van der Waals surface area contributed by atoms with Gasteiger partial charge in [-0.25, -0.2) is 13.8 Å². The Morgan fingerprint density at radius 2 is 1.74 bits per heavy atom. The molecule has 0 bridgehead atoms. The van der Waals surface area contributed by atoms with E-state index in [1.54, 1.807) is 6.07 Å². The highest BCUT2D eigenvalue weighted by molar-refractivity contribution is 6.35. The topological polar surface area (TPSA) is 74.2 Å². The highest BCUT2D eigenvalue weighted by Gasteiger charge is 2.24. The molecular weight excluding hydrogens is 508 g/mol. The summed E-state index contributed by atoms with van der Waals surface area (Å²) in [6.45, 7) is 4.68. The third kappa shape index (κ3) is 7.13. The number of aliphatic hydroxyl groups is 1. The Kier molecular flexibility index (Phi) is 9.05. The summed E-state index contributed by atoms with van der Waals surface area (Å²) in [6, 6.07) is 17.4. The van der Waals surface area contributed by atoms with Crippen molar-refractivity contribution in [1.82, 2.24) is 15.6 Å². The number of halogens is 3. The van der Waals surface area contributed by atoms with Crippen LogP contribution in [0.3, 0.4) is 0 Å². The van der Waals surface area contributed by atoms with Gasteiger partial charge in [0, 0.05) is 24.5 Å². The van der Waals surface area contributed by atoms with Gasteiger partial charge < -0.3 is 15.7 Å². The standard InChI is InChI=1S/C30H30ClF2N3O2/c1-3-19-5-4-6-20(10-19)16-34-17-29(37)27(13-21-11-22(32)14-23(33)12-21)36-30(38)28-15-25(31)24-9-18(2)7-8-26(24)35-28/h4-12,14-15,27,29,34,37H,3,13,16-17H2,1-2H3,(H,36,38). The molecule has 1 aromatic heterocycles. The molecule has 2 unspecified atom stereocenters. The van der Waals surface area contributed by atoms with Crippen LogP contribution in [0.15, 0.2) is 66.7 Å². The predicted molar refractivity (Wildman–Crippen MR) is 146 cm³/mol. The molecule has 198 valence electrons. The van der Waals surface area contributed by atoms with E-state index in [9.17, 15) is 18.7 Å². The van der Waals surface area contributed by atoms with Gasteiger partial charge in [-0.05, 0) is 66.8 Å². The monoisotopic (exact) mass is 537 g/mol. The van der Waals surface area contributed by atoms with Crippen molar-refractivity contribution in [2.75, 3.05) is 6.54 Å². The second-order valence-electron chi connectivity index (χ2n) is 9.44. The summed E-state index contributed by atoms with van der Waals surface area (Å²) in [5, 5.41) is 18.1. The third-order valence-corrected chi connectivity index (χ3v) is 6.70. The molecule has 3 N–H and O–H groups in total. The van der Waals surface area contributed by atoms with Crippen LogP contribution in [0.25, 0.3) is 10.9 Å². The number of carbonyl (C=O) groups is 1. The van der Waals surface area contributed by atoms with Crippen molar-refractivity contribution in [3.8, 4) is 0 Å². The number of carbonyl (C=O) groups excluding carboxylic acids is 1. The zero-order chi connectivity index (χ0) is 27.2. The summed E-state index contributed by atoms with van der Waals surface area (Å²) >= 11 is 6.43. The van der Waals surface area contributed by atoms with Crippen LogP contribution >= 0.6 is 11.6 Å². The number of nitrogens with one attached hydrogen (secondary N) is 2. The zero-order valence-electron chi connectivity index (χ0n) is 21.3. The molecule has 38 heavy (non-hydrogen) atoms.